The van der Waals surface area contributed by atoms with Gasteiger partial charge in [-0.2, -0.15) is 0 Å². The highest BCUT2D eigenvalue weighted by molar-refractivity contribution is 5.85. The second kappa shape index (κ2) is 5.26. The third-order valence-electron chi connectivity index (χ3n) is 2.05. The number of hydrogen-bond acceptors (Lipinski definition) is 4. The topological polar surface area (TPSA) is 112 Å². The molecule has 88 valence electrons. The van der Waals surface area contributed by atoms with Gasteiger partial charge in [0.1, 0.15) is 6.54 Å². The summed E-state index contributed by atoms with van der Waals surface area (Å²) in [5, 5.41) is 8.52. The first-order valence-electron chi connectivity index (χ1n) is 4.70. The van der Waals surface area contributed by atoms with Crippen LogP contribution in [0.2, 0.25) is 0 Å². The van der Waals surface area contributed by atoms with Crippen molar-refractivity contribution in [2.45, 2.75) is 12.5 Å². The zero-order valence-corrected chi connectivity index (χ0v) is 8.88. The highest BCUT2D eigenvalue weighted by Gasteiger charge is 2.20. The highest BCUT2D eigenvalue weighted by Crippen LogP contribution is 1.99. The fourth-order valence-electron chi connectivity index (χ4n) is 1.28. The zero-order valence-electron chi connectivity index (χ0n) is 8.88. The van der Waals surface area contributed by atoms with Crippen molar-refractivity contribution >= 4 is 11.9 Å². The van der Waals surface area contributed by atoms with Gasteiger partial charge in [0.15, 0.2) is 0 Å². The van der Waals surface area contributed by atoms with Gasteiger partial charge in [-0.25, -0.2) is 4.98 Å². The maximum atomic E-state index is 11.6. The summed E-state index contributed by atoms with van der Waals surface area (Å²) >= 11 is 0. The lowest BCUT2D eigenvalue weighted by Crippen LogP contribution is -2.44. The molecule has 0 fully saturated rings. The Morgan fingerprint density at radius 3 is 2.88 bits per heavy atom. The number of carbonyl (C=O) groups is 2. The number of hydrogen-bond donors (Lipinski definition) is 3. The fraction of sp³-hybridized carbons (Fsp3) is 0.444. The number of nitrogens with zero attached hydrogens (tertiary/aromatic N) is 2. The molecule has 1 heterocycles. The molecule has 1 aromatic heterocycles. The molecule has 1 aromatic rings. The fourth-order valence-corrected chi connectivity index (χ4v) is 1.28. The number of amides is 1. The lowest BCUT2D eigenvalue weighted by atomic mass is 10.1. The molecule has 0 spiro atoms. The summed E-state index contributed by atoms with van der Waals surface area (Å²) in [5.74, 6) is -1.48. The van der Waals surface area contributed by atoms with Crippen LogP contribution in [-0.4, -0.2) is 51.5 Å². The Kier molecular flexibility index (Phi) is 4.01. The summed E-state index contributed by atoms with van der Waals surface area (Å²) in [4.78, 5) is 29.8. The Balaban J connectivity index is 2.50. The summed E-state index contributed by atoms with van der Waals surface area (Å²) in [6.07, 6.45) is 3.42. The molecule has 16 heavy (non-hydrogen) atoms. The molecule has 0 aliphatic carbocycles. The average Bonchev–Trinajstić information content (AvgIpc) is 2.68. The molecule has 0 unspecified atom stereocenters. The van der Waals surface area contributed by atoms with Gasteiger partial charge in [0.25, 0.3) is 0 Å². The Hall–Kier alpha value is -1.89. The zero-order chi connectivity index (χ0) is 12.1. The van der Waals surface area contributed by atoms with Crippen LogP contribution in [0.1, 0.15) is 5.69 Å². The average molecular weight is 226 g/mol. The molecular formula is C9H14N4O3. The van der Waals surface area contributed by atoms with Gasteiger partial charge in [0.05, 0.1) is 18.1 Å². The number of H-pyrrole nitrogens is 1. The van der Waals surface area contributed by atoms with E-state index < -0.39 is 17.9 Å². The Morgan fingerprint density at radius 2 is 2.38 bits per heavy atom. The minimum atomic E-state index is -1.07. The second-order valence-corrected chi connectivity index (χ2v) is 3.46. The first-order chi connectivity index (χ1) is 7.50. The van der Waals surface area contributed by atoms with Crippen LogP contribution in [0.15, 0.2) is 12.5 Å². The Morgan fingerprint density at radius 1 is 1.69 bits per heavy atom. The number of aromatic nitrogens is 2. The van der Waals surface area contributed by atoms with Gasteiger partial charge in [-0.15, -0.1) is 0 Å². The number of carboxylic acid groups (broad SMARTS) is 1. The number of nitrogens with two attached hydrogens (primary N) is 1. The van der Waals surface area contributed by atoms with Gasteiger partial charge in [0.2, 0.25) is 5.91 Å². The summed E-state index contributed by atoms with van der Waals surface area (Å²) in [6.45, 7) is -0.354. The van der Waals surface area contributed by atoms with Crippen LogP contribution >= 0.6 is 0 Å². The van der Waals surface area contributed by atoms with E-state index in [4.69, 9.17) is 10.8 Å². The molecule has 1 amide bonds. The third kappa shape index (κ3) is 3.35. The van der Waals surface area contributed by atoms with Crippen LogP contribution in [-0.2, 0) is 16.0 Å². The quantitative estimate of drug-likeness (QED) is 0.585. The summed E-state index contributed by atoms with van der Waals surface area (Å²) in [5.41, 5.74) is 6.32. The van der Waals surface area contributed by atoms with Gasteiger partial charge in [-0.05, 0) is 0 Å². The molecule has 0 aliphatic heterocycles. The van der Waals surface area contributed by atoms with Gasteiger partial charge in [0, 0.05) is 19.7 Å². The number of aliphatic carboxylic acids is 1. The molecule has 1 rings (SSSR count). The maximum Gasteiger partial charge on any atom is 0.323 e. The number of imidazole rings is 1. The van der Waals surface area contributed by atoms with E-state index in [0.29, 0.717) is 5.69 Å². The standard InChI is InChI=1S/C9H14N4O3/c1-13(4-8(14)15)9(16)7(10)2-6-3-11-5-12-6/h3,5,7H,2,4,10H2,1H3,(H,11,12)(H,14,15)/t7-/m0/s1. The molecule has 0 saturated heterocycles. The number of aromatic amines is 1. The van der Waals surface area contributed by atoms with E-state index in [0.717, 1.165) is 4.90 Å². The van der Waals surface area contributed by atoms with E-state index in [1.807, 2.05) is 0 Å². The van der Waals surface area contributed by atoms with E-state index in [9.17, 15) is 9.59 Å². The lowest BCUT2D eigenvalue weighted by Gasteiger charge is -2.18. The SMILES string of the molecule is CN(CC(=O)O)C(=O)[C@@H](N)Cc1c[nH]cn1. The number of rotatable bonds is 5. The van der Waals surface area contributed by atoms with Crippen LogP contribution in [0, 0.1) is 0 Å². The van der Waals surface area contributed by atoms with Gasteiger partial charge in [-0.3, -0.25) is 9.59 Å². The van der Waals surface area contributed by atoms with Crippen molar-refractivity contribution in [3.63, 3.8) is 0 Å². The molecule has 7 heteroatoms. The smallest absolute Gasteiger partial charge is 0.323 e. The predicted octanol–water partition coefficient (Wildman–Crippen LogP) is -1.18. The van der Waals surface area contributed by atoms with Crippen LogP contribution in [0.4, 0.5) is 0 Å². The first kappa shape index (κ1) is 12.2. The minimum Gasteiger partial charge on any atom is -0.480 e. The molecule has 0 radical (unpaired) electrons. The summed E-state index contributed by atoms with van der Waals surface area (Å²) in [6, 6.07) is -0.771. The van der Waals surface area contributed by atoms with Crippen molar-refractivity contribution in [1.29, 1.82) is 0 Å². The van der Waals surface area contributed by atoms with Crippen molar-refractivity contribution in [3.05, 3.63) is 18.2 Å². The number of carbonyl (C=O) groups excluding carboxylic acids is 1. The largest absolute Gasteiger partial charge is 0.480 e. The van der Waals surface area contributed by atoms with Crippen molar-refractivity contribution in [2.24, 2.45) is 5.73 Å². The lowest BCUT2D eigenvalue weighted by molar-refractivity contribution is -0.143. The van der Waals surface area contributed by atoms with Crippen LogP contribution in [0.3, 0.4) is 0 Å². The predicted molar refractivity (Wildman–Crippen MR) is 55.5 cm³/mol. The molecular weight excluding hydrogens is 212 g/mol. The minimum absolute atomic E-state index is 0.284. The monoisotopic (exact) mass is 226 g/mol. The third-order valence-corrected chi connectivity index (χ3v) is 2.05. The van der Waals surface area contributed by atoms with Gasteiger partial charge in [-0.1, -0.05) is 0 Å². The molecule has 1 atom stereocenters. The van der Waals surface area contributed by atoms with E-state index >= 15 is 0 Å². The first-order valence-corrected chi connectivity index (χ1v) is 4.70. The van der Waals surface area contributed by atoms with E-state index in [1.54, 1.807) is 6.20 Å². The molecule has 4 N–H and O–H groups in total. The second-order valence-electron chi connectivity index (χ2n) is 3.46. The molecule has 0 aromatic carbocycles. The van der Waals surface area contributed by atoms with Crippen LogP contribution in [0.5, 0.6) is 0 Å². The van der Waals surface area contributed by atoms with Crippen molar-refractivity contribution in [3.8, 4) is 0 Å². The van der Waals surface area contributed by atoms with E-state index in [1.165, 1.54) is 13.4 Å². The molecule has 7 nitrogen and oxygen atoms in total. The van der Waals surface area contributed by atoms with Gasteiger partial charge >= 0.3 is 5.97 Å². The summed E-state index contributed by atoms with van der Waals surface area (Å²) < 4.78 is 0. The van der Waals surface area contributed by atoms with Crippen LogP contribution in [0.25, 0.3) is 0 Å². The van der Waals surface area contributed by atoms with Crippen molar-refractivity contribution in [2.75, 3.05) is 13.6 Å². The summed E-state index contributed by atoms with van der Waals surface area (Å²) in [7, 11) is 1.40. The van der Waals surface area contributed by atoms with Crippen LogP contribution < -0.4 is 5.73 Å². The van der Waals surface area contributed by atoms with E-state index in [-0.39, 0.29) is 13.0 Å². The maximum absolute atomic E-state index is 11.6. The molecule has 0 saturated carbocycles. The normalized spacial score (nSPS) is 12.1. The Labute approximate surface area is 92.3 Å². The number of nitrogens with one attached hydrogen (secondary N) is 1. The van der Waals surface area contributed by atoms with E-state index in [2.05, 4.69) is 9.97 Å². The Bertz CT molecular complexity index is 363. The van der Waals surface area contributed by atoms with Crippen molar-refractivity contribution in [1.82, 2.24) is 14.9 Å². The number of likely N-dealkylation sites (N-methyl/N-ethyl adjacent to an activating group) is 1. The van der Waals surface area contributed by atoms with Gasteiger partial charge < -0.3 is 20.7 Å². The molecule has 0 bridgehead atoms. The van der Waals surface area contributed by atoms with Crippen molar-refractivity contribution < 1.29 is 14.7 Å². The number of carboxylic acids is 1. The highest BCUT2D eigenvalue weighted by atomic mass is 16.4. The molecule has 0 aliphatic rings.